The van der Waals surface area contributed by atoms with E-state index in [1.165, 1.54) is 6.08 Å². The first-order valence-corrected chi connectivity index (χ1v) is 4.25. The van der Waals surface area contributed by atoms with Crippen molar-refractivity contribution in [1.82, 2.24) is 0 Å². The Hall–Kier alpha value is -0.860. The lowest BCUT2D eigenvalue weighted by molar-refractivity contribution is -0.137. The maximum absolute atomic E-state index is 12.9. The van der Waals surface area contributed by atoms with E-state index < -0.39 is 12.1 Å². The lowest BCUT2D eigenvalue weighted by atomic mass is 10.2. The highest BCUT2D eigenvalue weighted by molar-refractivity contribution is 5.83. The fraction of sp³-hybridized carbons (Fsp3) is 0.667. The zero-order chi connectivity index (χ0) is 8.97. The minimum Gasteiger partial charge on any atom is -0.463 e. The monoisotopic (exact) mass is 172 g/mol. The highest BCUT2D eigenvalue weighted by atomic mass is 19.1. The molecule has 0 amide bonds. The van der Waals surface area contributed by atoms with Crippen LogP contribution in [0, 0.1) is 0 Å². The molecule has 0 saturated heterocycles. The highest BCUT2D eigenvalue weighted by Crippen LogP contribution is 2.27. The summed E-state index contributed by atoms with van der Waals surface area (Å²) in [6.07, 6.45) is 2.45. The predicted molar refractivity (Wildman–Crippen MR) is 43.5 cm³/mol. The maximum atomic E-state index is 12.9. The van der Waals surface area contributed by atoms with Crippen LogP contribution in [0.1, 0.15) is 26.2 Å². The van der Waals surface area contributed by atoms with E-state index in [4.69, 9.17) is 0 Å². The Morgan fingerprint density at radius 2 is 2.58 bits per heavy atom. The molecule has 1 atom stereocenters. The average molecular weight is 172 g/mol. The molecule has 2 nitrogen and oxygen atoms in total. The number of hydrogen-bond acceptors (Lipinski definition) is 2. The third-order valence-electron chi connectivity index (χ3n) is 1.92. The molecule has 0 N–H and O–H groups in total. The van der Waals surface area contributed by atoms with Crippen LogP contribution in [0.4, 0.5) is 4.39 Å². The zero-order valence-corrected chi connectivity index (χ0v) is 7.18. The molecule has 1 aliphatic rings. The van der Waals surface area contributed by atoms with E-state index in [9.17, 15) is 9.18 Å². The van der Waals surface area contributed by atoms with Gasteiger partial charge < -0.3 is 4.74 Å². The van der Waals surface area contributed by atoms with Gasteiger partial charge in [-0.3, -0.25) is 0 Å². The Bertz CT molecular complexity index is 199. The molecule has 1 fully saturated rings. The van der Waals surface area contributed by atoms with Gasteiger partial charge in [-0.05, 0) is 31.8 Å². The summed E-state index contributed by atoms with van der Waals surface area (Å²) in [6, 6.07) is 0. The topological polar surface area (TPSA) is 26.3 Å². The summed E-state index contributed by atoms with van der Waals surface area (Å²) in [5, 5.41) is 0. The second-order valence-corrected chi connectivity index (χ2v) is 2.83. The van der Waals surface area contributed by atoms with Gasteiger partial charge in [0, 0.05) is 6.08 Å². The van der Waals surface area contributed by atoms with Crippen molar-refractivity contribution < 1.29 is 13.9 Å². The van der Waals surface area contributed by atoms with Crippen LogP contribution in [0.2, 0.25) is 0 Å². The SMILES string of the molecule is CCOC(=O)/C=C1/CCCC1F. The van der Waals surface area contributed by atoms with Crippen LogP contribution in [-0.2, 0) is 9.53 Å². The van der Waals surface area contributed by atoms with Gasteiger partial charge in [0.05, 0.1) is 6.61 Å². The van der Waals surface area contributed by atoms with Crippen molar-refractivity contribution in [3.8, 4) is 0 Å². The van der Waals surface area contributed by atoms with E-state index in [2.05, 4.69) is 4.74 Å². The summed E-state index contributed by atoms with van der Waals surface area (Å²) in [5.41, 5.74) is 0.591. The molecule has 0 aromatic carbocycles. The van der Waals surface area contributed by atoms with Crippen LogP contribution in [0.5, 0.6) is 0 Å². The molecule has 0 bridgehead atoms. The van der Waals surface area contributed by atoms with Gasteiger partial charge in [-0.15, -0.1) is 0 Å². The Kier molecular flexibility index (Phi) is 3.26. The number of alkyl halides is 1. The molecular formula is C9H13FO2. The standard InChI is InChI=1S/C9H13FO2/c1-2-12-9(11)6-7-4-3-5-8(7)10/h6,8H,2-5H2,1H3/b7-6-. The molecule has 1 aliphatic carbocycles. The molecule has 1 rings (SSSR count). The van der Waals surface area contributed by atoms with Crippen molar-refractivity contribution in [2.75, 3.05) is 6.61 Å². The highest BCUT2D eigenvalue weighted by Gasteiger charge is 2.20. The number of ether oxygens (including phenoxy) is 1. The van der Waals surface area contributed by atoms with E-state index in [1.54, 1.807) is 6.92 Å². The van der Waals surface area contributed by atoms with Gasteiger partial charge in [0.1, 0.15) is 6.17 Å². The fourth-order valence-electron chi connectivity index (χ4n) is 1.33. The van der Waals surface area contributed by atoms with Gasteiger partial charge in [0.2, 0.25) is 0 Å². The number of halogens is 1. The van der Waals surface area contributed by atoms with Crippen molar-refractivity contribution in [1.29, 1.82) is 0 Å². The van der Waals surface area contributed by atoms with Crippen LogP contribution in [0.15, 0.2) is 11.6 Å². The minimum absolute atomic E-state index is 0.347. The second kappa shape index (κ2) is 4.24. The quantitative estimate of drug-likeness (QED) is 0.470. The predicted octanol–water partition coefficient (Wildman–Crippen LogP) is 2.00. The third kappa shape index (κ3) is 2.32. The summed E-state index contributed by atoms with van der Waals surface area (Å²) < 4.78 is 17.6. The molecule has 12 heavy (non-hydrogen) atoms. The molecule has 0 aliphatic heterocycles. The molecular weight excluding hydrogens is 159 g/mol. The number of rotatable bonds is 2. The lowest BCUT2D eigenvalue weighted by Gasteiger charge is -2.00. The smallest absolute Gasteiger partial charge is 0.330 e. The van der Waals surface area contributed by atoms with Gasteiger partial charge in [-0.25, -0.2) is 9.18 Å². The average Bonchev–Trinajstić information content (AvgIpc) is 2.37. The summed E-state index contributed by atoms with van der Waals surface area (Å²) >= 11 is 0. The van der Waals surface area contributed by atoms with E-state index in [0.717, 1.165) is 6.42 Å². The van der Waals surface area contributed by atoms with Crippen LogP contribution in [0.3, 0.4) is 0 Å². The van der Waals surface area contributed by atoms with Gasteiger partial charge in [-0.2, -0.15) is 0 Å². The fourth-order valence-corrected chi connectivity index (χ4v) is 1.33. The van der Waals surface area contributed by atoms with Crippen molar-refractivity contribution in [2.45, 2.75) is 32.4 Å². The zero-order valence-electron chi connectivity index (χ0n) is 7.18. The first kappa shape index (κ1) is 9.23. The third-order valence-corrected chi connectivity index (χ3v) is 1.92. The molecule has 1 unspecified atom stereocenters. The van der Waals surface area contributed by atoms with Crippen molar-refractivity contribution in [3.05, 3.63) is 11.6 Å². The number of carbonyl (C=O) groups excluding carboxylic acids is 1. The summed E-state index contributed by atoms with van der Waals surface area (Å²) in [4.78, 5) is 10.9. The van der Waals surface area contributed by atoms with Gasteiger partial charge in [0.25, 0.3) is 0 Å². The van der Waals surface area contributed by atoms with Crippen molar-refractivity contribution in [2.24, 2.45) is 0 Å². The number of hydrogen-bond donors (Lipinski definition) is 0. The molecule has 0 heterocycles. The Morgan fingerprint density at radius 3 is 3.08 bits per heavy atom. The van der Waals surface area contributed by atoms with Crippen molar-refractivity contribution >= 4 is 5.97 Å². The largest absolute Gasteiger partial charge is 0.463 e. The molecule has 1 saturated carbocycles. The first-order chi connectivity index (χ1) is 5.74. The molecule has 0 spiro atoms. The maximum Gasteiger partial charge on any atom is 0.330 e. The van der Waals surface area contributed by atoms with Gasteiger partial charge in [0.15, 0.2) is 0 Å². The first-order valence-electron chi connectivity index (χ1n) is 4.25. The van der Waals surface area contributed by atoms with E-state index >= 15 is 0 Å². The molecule has 68 valence electrons. The Morgan fingerprint density at radius 1 is 1.83 bits per heavy atom. The van der Waals surface area contributed by atoms with E-state index in [-0.39, 0.29) is 0 Å². The lowest BCUT2D eigenvalue weighted by Crippen LogP contribution is -2.03. The number of esters is 1. The van der Waals surface area contributed by atoms with Gasteiger partial charge in [-0.1, -0.05) is 0 Å². The van der Waals surface area contributed by atoms with E-state index in [1.807, 2.05) is 0 Å². The normalized spacial score (nSPS) is 26.2. The van der Waals surface area contributed by atoms with Crippen LogP contribution in [-0.4, -0.2) is 18.7 Å². The Labute approximate surface area is 71.4 Å². The van der Waals surface area contributed by atoms with Crippen molar-refractivity contribution in [3.63, 3.8) is 0 Å². The van der Waals surface area contributed by atoms with Crippen LogP contribution in [0.25, 0.3) is 0 Å². The summed E-state index contributed by atoms with van der Waals surface area (Å²) in [5.74, 6) is -0.419. The molecule has 0 radical (unpaired) electrons. The molecule has 3 heteroatoms. The summed E-state index contributed by atoms with van der Waals surface area (Å²) in [6.45, 7) is 2.08. The molecule has 0 aromatic rings. The van der Waals surface area contributed by atoms with Crippen LogP contribution >= 0.6 is 0 Å². The molecule has 0 aromatic heterocycles. The van der Waals surface area contributed by atoms with E-state index in [0.29, 0.717) is 25.0 Å². The van der Waals surface area contributed by atoms with Crippen LogP contribution < -0.4 is 0 Å². The number of carbonyl (C=O) groups is 1. The Balaban J connectivity index is 2.49. The number of allylic oxidation sites excluding steroid dienone is 1. The minimum atomic E-state index is -0.922. The summed E-state index contributed by atoms with van der Waals surface area (Å²) in [7, 11) is 0. The second-order valence-electron chi connectivity index (χ2n) is 2.83. The van der Waals surface area contributed by atoms with Gasteiger partial charge >= 0.3 is 5.97 Å².